The van der Waals surface area contributed by atoms with Crippen LogP contribution in [0.4, 0.5) is 15.9 Å². The van der Waals surface area contributed by atoms with Gasteiger partial charge in [-0.1, -0.05) is 32.4 Å². The highest BCUT2D eigenvalue weighted by Crippen LogP contribution is 2.47. The van der Waals surface area contributed by atoms with Crippen LogP contribution in [-0.2, 0) is 0 Å². The number of anilines is 1. The molecule has 0 amide bonds. The van der Waals surface area contributed by atoms with Gasteiger partial charge in [-0.2, -0.15) is 0 Å². The van der Waals surface area contributed by atoms with E-state index in [9.17, 15) is 0 Å². The van der Waals surface area contributed by atoms with E-state index in [1.165, 1.54) is 31.9 Å². The van der Waals surface area contributed by atoms with Crippen molar-refractivity contribution in [1.29, 1.82) is 0 Å². The number of fused-ring (bicyclic) bond motifs is 4. The number of aromatic nitrogens is 4. The maximum absolute atomic E-state index is 15.8. The van der Waals surface area contributed by atoms with Gasteiger partial charge in [0.05, 0.1) is 18.5 Å². The number of halogens is 2. The van der Waals surface area contributed by atoms with Gasteiger partial charge in [0.25, 0.3) is 0 Å². The summed E-state index contributed by atoms with van der Waals surface area (Å²) >= 11 is 6.09. The van der Waals surface area contributed by atoms with Crippen molar-refractivity contribution in [3.63, 3.8) is 0 Å². The summed E-state index contributed by atoms with van der Waals surface area (Å²) < 4.78 is 15.8. The van der Waals surface area contributed by atoms with Crippen LogP contribution in [0.2, 0.25) is 5.15 Å². The Morgan fingerprint density at radius 1 is 1.22 bits per heavy atom. The molecule has 0 unspecified atom stereocenters. The number of hydrogen-bond acceptors (Lipinski definition) is 4. The fourth-order valence-electron chi connectivity index (χ4n) is 5.71. The summed E-state index contributed by atoms with van der Waals surface area (Å²) in [6, 6.07) is 0.188. The van der Waals surface area contributed by atoms with Gasteiger partial charge in [0.2, 0.25) is 5.69 Å². The Labute approximate surface area is 191 Å². The number of pyridine rings is 1. The van der Waals surface area contributed by atoms with Crippen LogP contribution in [0, 0.1) is 30.1 Å². The van der Waals surface area contributed by atoms with Gasteiger partial charge in [-0.3, -0.25) is 0 Å². The molecule has 2 atom stereocenters. The topological polar surface area (TPSA) is 70.8 Å². The summed E-state index contributed by atoms with van der Waals surface area (Å²) in [5.74, 6) is 1.30. The van der Waals surface area contributed by atoms with Crippen LogP contribution in [0.5, 0.6) is 0 Å². The van der Waals surface area contributed by atoms with Crippen molar-refractivity contribution in [2.75, 3.05) is 5.32 Å². The Kier molecular flexibility index (Phi) is 5.29. The van der Waals surface area contributed by atoms with Crippen molar-refractivity contribution < 1.29 is 4.39 Å². The van der Waals surface area contributed by atoms with Crippen LogP contribution in [0.1, 0.15) is 57.9 Å². The first-order valence-electron chi connectivity index (χ1n) is 11.3. The lowest BCUT2D eigenvalue weighted by Gasteiger charge is -2.47. The first-order valence-corrected chi connectivity index (χ1v) is 11.6. The molecule has 2 N–H and O–H groups in total. The van der Waals surface area contributed by atoms with Crippen LogP contribution in [-0.4, -0.2) is 26.0 Å². The summed E-state index contributed by atoms with van der Waals surface area (Å²) in [6.07, 6.45) is 8.05. The highest BCUT2D eigenvalue weighted by atomic mass is 35.5. The fraction of sp³-hybridized carbons (Fsp3) is 0.500. The molecule has 2 bridgehead atoms. The zero-order chi connectivity index (χ0) is 22.6. The smallest absolute Gasteiger partial charge is 0.219 e. The molecular formula is C24H26ClFN6. The second-order valence-electron chi connectivity index (χ2n) is 9.45. The lowest BCUT2D eigenvalue weighted by Crippen LogP contribution is -2.47. The van der Waals surface area contributed by atoms with Gasteiger partial charge in [0, 0.05) is 23.4 Å². The third-order valence-corrected chi connectivity index (χ3v) is 7.56. The van der Waals surface area contributed by atoms with E-state index in [-0.39, 0.29) is 28.6 Å². The number of nitrogens with zero attached hydrogens (tertiary/aromatic N) is 4. The Bertz CT molecular complexity index is 1220. The second kappa shape index (κ2) is 8.00. The second-order valence-corrected chi connectivity index (χ2v) is 9.84. The van der Waals surface area contributed by atoms with Gasteiger partial charge < -0.3 is 10.3 Å². The van der Waals surface area contributed by atoms with Gasteiger partial charge >= 0.3 is 0 Å². The molecule has 3 heterocycles. The monoisotopic (exact) mass is 452 g/mol. The zero-order valence-corrected chi connectivity index (χ0v) is 19.2. The number of hydrogen-bond donors (Lipinski definition) is 2. The van der Waals surface area contributed by atoms with E-state index in [0.717, 1.165) is 0 Å². The molecule has 32 heavy (non-hydrogen) atoms. The van der Waals surface area contributed by atoms with Crippen LogP contribution in [0.3, 0.4) is 0 Å². The minimum atomic E-state index is -0.424. The lowest BCUT2D eigenvalue weighted by molar-refractivity contribution is 0.0926. The quantitative estimate of drug-likeness (QED) is 0.431. The van der Waals surface area contributed by atoms with Crippen LogP contribution >= 0.6 is 11.6 Å². The Morgan fingerprint density at radius 2 is 1.94 bits per heavy atom. The average molecular weight is 453 g/mol. The first-order chi connectivity index (χ1) is 15.4. The van der Waals surface area contributed by atoms with Crippen molar-refractivity contribution in [3.05, 3.63) is 40.3 Å². The molecule has 0 saturated heterocycles. The predicted molar refractivity (Wildman–Crippen MR) is 124 cm³/mol. The maximum Gasteiger partial charge on any atom is 0.219 e. The molecule has 3 saturated carbocycles. The largest absolute Gasteiger partial charge is 0.364 e. The Morgan fingerprint density at radius 3 is 2.59 bits per heavy atom. The highest BCUT2D eigenvalue weighted by Gasteiger charge is 2.42. The third kappa shape index (κ3) is 3.32. The van der Waals surface area contributed by atoms with Crippen molar-refractivity contribution in [2.24, 2.45) is 17.8 Å². The molecule has 3 aliphatic carbocycles. The Balaban J connectivity index is 1.68. The van der Waals surface area contributed by atoms with E-state index in [4.69, 9.17) is 18.2 Å². The minimum absolute atomic E-state index is 0.179. The molecule has 3 aromatic heterocycles. The van der Waals surface area contributed by atoms with Crippen molar-refractivity contribution in [2.45, 2.75) is 58.4 Å². The fourth-order valence-corrected chi connectivity index (χ4v) is 5.84. The van der Waals surface area contributed by atoms with E-state index in [0.29, 0.717) is 45.7 Å². The molecule has 3 aliphatic rings. The molecule has 0 spiro atoms. The predicted octanol–water partition coefficient (Wildman–Crippen LogP) is 6.72. The maximum atomic E-state index is 15.8. The molecule has 3 aromatic rings. The summed E-state index contributed by atoms with van der Waals surface area (Å²) in [4.78, 5) is 20.1. The SMILES string of the molecule is [C-]#[N+]c1c(-c2c[nH]c3ncc(Cl)nc23)nc(N[C@H]2C3CCC(CC3)[C@@H]2C)c(F)c1C(C)C. The van der Waals surface area contributed by atoms with Crippen molar-refractivity contribution in [1.82, 2.24) is 19.9 Å². The van der Waals surface area contributed by atoms with Crippen molar-refractivity contribution in [3.8, 4) is 11.3 Å². The molecule has 0 radical (unpaired) electrons. The average Bonchev–Trinajstić information content (AvgIpc) is 3.19. The normalized spacial score (nSPS) is 24.8. The Hall–Kier alpha value is -2.72. The number of aromatic amines is 1. The lowest BCUT2D eigenvalue weighted by atomic mass is 9.62. The number of nitrogens with one attached hydrogen (secondary N) is 2. The molecule has 3 fully saturated rings. The molecule has 0 aromatic carbocycles. The highest BCUT2D eigenvalue weighted by molar-refractivity contribution is 6.29. The van der Waals surface area contributed by atoms with E-state index in [2.05, 4.69) is 37.0 Å². The van der Waals surface area contributed by atoms with E-state index in [1.807, 2.05) is 13.8 Å². The van der Waals surface area contributed by atoms with Gasteiger partial charge in [-0.15, -0.1) is 0 Å². The molecule has 6 rings (SSSR count). The summed E-state index contributed by atoms with van der Waals surface area (Å²) in [5.41, 5.74) is 2.67. The third-order valence-electron chi connectivity index (χ3n) is 7.38. The van der Waals surface area contributed by atoms with Crippen molar-refractivity contribution >= 4 is 34.3 Å². The van der Waals surface area contributed by atoms with Gasteiger partial charge in [0.1, 0.15) is 10.7 Å². The summed E-state index contributed by atoms with van der Waals surface area (Å²) in [5, 5.41) is 3.73. The molecule has 8 heteroatoms. The van der Waals surface area contributed by atoms with E-state index >= 15 is 4.39 Å². The molecule has 166 valence electrons. The summed E-state index contributed by atoms with van der Waals surface area (Å²) in [7, 11) is 0. The first kappa shape index (κ1) is 21.1. The van der Waals surface area contributed by atoms with Crippen LogP contribution in [0.25, 0.3) is 27.3 Å². The number of H-pyrrole nitrogens is 1. The minimum Gasteiger partial charge on any atom is -0.364 e. The van der Waals surface area contributed by atoms with Crippen LogP contribution in [0.15, 0.2) is 12.4 Å². The molecule has 6 nitrogen and oxygen atoms in total. The van der Waals surface area contributed by atoms with E-state index in [1.54, 1.807) is 6.20 Å². The van der Waals surface area contributed by atoms with Crippen LogP contribution < -0.4 is 5.32 Å². The van der Waals surface area contributed by atoms with Gasteiger partial charge in [0.15, 0.2) is 17.3 Å². The van der Waals surface area contributed by atoms with Gasteiger partial charge in [-0.25, -0.2) is 24.2 Å². The zero-order valence-electron chi connectivity index (χ0n) is 18.4. The molecule has 0 aliphatic heterocycles. The number of rotatable bonds is 4. The molecular weight excluding hydrogens is 427 g/mol. The van der Waals surface area contributed by atoms with Gasteiger partial charge in [-0.05, 0) is 49.4 Å². The summed E-state index contributed by atoms with van der Waals surface area (Å²) in [6.45, 7) is 13.9. The standard InChI is InChI=1S/C24H26ClFN6/c1-11(2)17-18(26)23(31-19-12(3)13-5-7-14(19)8-6-13)32-20(22(17)27-4)15-9-28-24-21(15)30-16(25)10-29-24/h9-14,19H,5-8H2,1-3H3,(H,28,29)(H,31,32)/t12-,13?,14?,19+/m0/s1. The van der Waals surface area contributed by atoms with E-state index < -0.39 is 5.82 Å².